The van der Waals surface area contributed by atoms with Gasteiger partial charge in [0, 0.05) is 0 Å². The van der Waals surface area contributed by atoms with Crippen molar-refractivity contribution in [2.24, 2.45) is 5.41 Å². The van der Waals surface area contributed by atoms with Gasteiger partial charge in [-0.3, -0.25) is 4.79 Å². The van der Waals surface area contributed by atoms with E-state index in [1.165, 1.54) is 6.07 Å². The summed E-state index contributed by atoms with van der Waals surface area (Å²) in [5.41, 5.74) is -1.73. The molecule has 0 saturated heterocycles. The molecule has 5 heteroatoms. The number of amides is 1. The Morgan fingerprint density at radius 2 is 1.75 bits per heavy atom. The highest BCUT2D eigenvalue weighted by atomic mass is 19.1. The maximum atomic E-state index is 13.5. The maximum Gasteiger partial charge on any atom is 0.245 e. The van der Waals surface area contributed by atoms with Crippen molar-refractivity contribution in [1.82, 2.24) is 0 Å². The van der Waals surface area contributed by atoms with Crippen molar-refractivity contribution >= 4 is 11.6 Å². The van der Waals surface area contributed by atoms with Crippen LogP contribution in [-0.4, -0.2) is 5.91 Å². The van der Waals surface area contributed by atoms with Gasteiger partial charge < -0.3 is 5.32 Å². The Hall–Kier alpha value is -1.96. The van der Waals surface area contributed by atoms with E-state index in [9.17, 15) is 18.8 Å². The van der Waals surface area contributed by atoms with Gasteiger partial charge in [0.2, 0.25) is 5.91 Å². The lowest BCUT2D eigenvalue weighted by atomic mass is 9.79. The van der Waals surface area contributed by atoms with Crippen LogP contribution in [0.4, 0.5) is 14.5 Å². The van der Waals surface area contributed by atoms with Gasteiger partial charge in [0.1, 0.15) is 22.7 Å². The number of benzene rings is 1. The van der Waals surface area contributed by atoms with Gasteiger partial charge in [-0.05, 0) is 25.0 Å². The number of carbonyl (C=O) groups excluding carboxylic acids is 1. The van der Waals surface area contributed by atoms with Crippen LogP contribution in [0.5, 0.6) is 0 Å². The number of hydrogen-bond donors (Lipinski definition) is 1. The van der Waals surface area contributed by atoms with Crippen LogP contribution in [0.3, 0.4) is 0 Å². The summed E-state index contributed by atoms with van der Waals surface area (Å²) in [7, 11) is 0. The number of anilines is 1. The first-order valence-corrected chi connectivity index (χ1v) is 6.67. The number of para-hydroxylation sites is 1. The molecule has 1 aromatic carbocycles. The fraction of sp³-hybridized carbons (Fsp3) is 0.467. The van der Waals surface area contributed by atoms with Gasteiger partial charge in [0.25, 0.3) is 0 Å². The molecule has 0 aromatic heterocycles. The van der Waals surface area contributed by atoms with Gasteiger partial charge in [0.15, 0.2) is 0 Å². The van der Waals surface area contributed by atoms with Gasteiger partial charge in [-0.25, -0.2) is 8.78 Å². The third-order valence-electron chi connectivity index (χ3n) is 3.20. The number of hydrogen-bond acceptors (Lipinski definition) is 2. The number of rotatable bonds is 6. The largest absolute Gasteiger partial charge is 0.320 e. The fourth-order valence-electron chi connectivity index (χ4n) is 2.22. The van der Waals surface area contributed by atoms with E-state index >= 15 is 0 Å². The number of carbonyl (C=O) groups is 1. The van der Waals surface area contributed by atoms with Crippen LogP contribution in [0.1, 0.15) is 39.5 Å². The van der Waals surface area contributed by atoms with Crippen LogP contribution in [0.25, 0.3) is 0 Å². The molecule has 0 aliphatic carbocycles. The lowest BCUT2D eigenvalue weighted by Gasteiger charge is -2.24. The maximum absolute atomic E-state index is 13.5. The minimum atomic E-state index is -1.24. The summed E-state index contributed by atoms with van der Waals surface area (Å²) < 4.78 is 27.1. The topological polar surface area (TPSA) is 52.9 Å². The minimum absolute atomic E-state index is 0.360. The first kappa shape index (κ1) is 16.1. The van der Waals surface area contributed by atoms with Gasteiger partial charge >= 0.3 is 0 Å². The molecule has 0 bridgehead atoms. The SMILES string of the molecule is CCCC(C#N)(CCC)C(=O)Nc1c(F)cccc1F. The number of nitrogens with one attached hydrogen (secondary N) is 1. The second-order valence-corrected chi connectivity index (χ2v) is 4.74. The summed E-state index contributed by atoms with van der Waals surface area (Å²) in [6.07, 6.45) is 2.00. The standard InChI is InChI=1S/C15H18F2N2O/c1-3-8-15(10-18,9-4-2)14(20)19-13-11(16)6-5-7-12(13)17/h5-7H,3-4,8-9H2,1-2H3,(H,19,20). The molecule has 0 aliphatic rings. The molecule has 3 nitrogen and oxygen atoms in total. The van der Waals surface area contributed by atoms with Gasteiger partial charge in [-0.2, -0.15) is 5.26 Å². The third-order valence-corrected chi connectivity index (χ3v) is 3.20. The van der Waals surface area contributed by atoms with Crippen molar-refractivity contribution < 1.29 is 13.6 Å². The number of halogens is 2. The van der Waals surface area contributed by atoms with Crippen LogP contribution in [-0.2, 0) is 4.79 Å². The van der Waals surface area contributed by atoms with Gasteiger partial charge in [0.05, 0.1) is 6.07 Å². The highest BCUT2D eigenvalue weighted by molar-refractivity contribution is 5.97. The first-order chi connectivity index (χ1) is 9.50. The molecule has 0 fully saturated rings. The summed E-state index contributed by atoms with van der Waals surface area (Å²) in [5, 5.41) is 11.6. The third kappa shape index (κ3) is 3.32. The number of nitrogens with zero attached hydrogens (tertiary/aromatic N) is 1. The number of nitriles is 1. The zero-order valence-electron chi connectivity index (χ0n) is 11.7. The second-order valence-electron chi connectivity index (χ2n) is 4.74. The van der Waals surface area contributed by atoms with Crippen molar-refractivity contribution in [2.45, 2.75) is 39.5 Å². The summed E-state index contributed by atoms with van der Waals surface area (Å²) in [5.74, 6) is -2.34. The first-order valence-electron chi connectivity index (χ1n) is 6.67. The van der Waals surface area contributed by atoms with Crippen molar-refractivity contribution in [3.8, 4) is 6.07 Å². The van der Waals surface area contributed by atoms with Gasteiger partial charge in [-0.1, -0.05) is 32.8 Å². The Bertz CT molecular complexity index is 497. The zero-order valence-corrected chi connectivity index (χ0v) is 11.7. The molecular weight excluding hydrogens is 262 g/mol. The molecule has 108 valence electrons. The fourth-order valence-corrected chi connectivity index (χ4v) is 2.22. The van der Waals surface area contributed by atoms with Crippen LogP contribution >= 0.6 is 0 Å². The predicted octanol–water partition coefficient (Wildman–Crippen LogP) is 4.01. The molecule has 0 unspecified atom stereocenters. The molecule has 0 saturated carbocycles. The van der Waals surface area contributed by atoms with E-state index in [4.69, 9.17) is 0 Å². The minimum Gasteiger partial charge on any atom is -0.320 e. The van der Waals surface area contributed by atoms with Crippen molar-refractivity contribution in [3.05, 3.63) is 29.8 Å². The molecular formula is C15H18F2N2O. The van der Waals surface area contributed by atoms with E-state index in [0.29, 0.717) is 25.7 Å². The average molecular weight is 280 g/mol. The van der Waals surface area contributed by atoms with Crippen LogP contribution in [0, 0.1) is 28.4 Å². The highest BCUT2D eigenvalue weighted by Gasteiger charge is 2.37. The lowest BCUT2D eigenvalue weighted by Crippen LogP contribution is -2.35. The normalized spacial score (nSPS) is 10.9. The molecule has 1 N–H and O–H groups in total. The molecule has 1 aromatic rings. The van der Waals surface area contributed by atoms with E-state index in [1.54, 1.807) is 0 Å². The van der Waals surface area contributed by atoms with E-state index in [0.717, 1.165) is 12.1 Å². The summed E-state index contributed by atoms with van der Waals surface area (Å²) >= 11 is 0. The molecule has 0 radical (unpaired) electrons. The average Bonchev–Trinajstić information content (AvgIpc) is 2.42. The zero-order chi connectivity index (χ0) is 15.2. The van der Waals surface area contributed by atoms with Crippen molar-refractivity contribution in [1.29, 1.82) is 5.26 Å². The Kier molecular flexibility index (Phi) is 5.63. The molecule has 0 aliphatic heterocycles. The van der Waals surface area contributed by atoms with E-state index in [1.807, 2.05) is 19.9 Å². The van der Waals surface area contributed by atoms with Gasteiger partial charge in [-0.15, -0.1) is 0 Å². The highest BCUT2D eigenvalue weighted by Crippen LogP contribution is 2.31. The Morgan fingerprint density at radius 3 is 2.15 bits per heavy atom. The molecule has 1 rings (SSSR count). The summed E-state index contributed by atoms with van der Waals surface area (Å²) in [4.78, 5) is 12.3. The van der Waals surface area contributed by atoms with Crippen LogP contribution in [0.15, 0.2) is 18.2 Å². The molecule has 1 amide bonds. The Balaban J connectivity index is 3.06. The quantitative estimate of drug-likeness (QED) is 0.855. The van der Waals surface area contributed by atoms with E-state index in [-0.39, 0.29) is 0 Å². The monoisotopic (exact) mass is 280 g/mol. The smallest absolute Gasteiger partial charge is 0.245 e. The Labute approximate surface area is 117 Å². The van der Waals surface area contributed by atoms with E-state index < -0.39 is 28.6 Å². The molecule has 0 heterocycles. The predicted molar refractivity (Wildman–Crippen MR) is 72.8 cm³/mol. The van der Waals surface area contributed by atoms with Crippen molar-refractivity contribution in [3.63, 3.8) is 0 Å². The Morgan fingerprint density at radius 1 is 1.25 bits per heavy atom. The molecule has 0 atom stereocenters. The summed E-state index contributed by atoms with van der Waals surface area (Å²) in [6.45, 7) is 3.72. The van der Waals surface area contributed by atoms with Crippen molar-refractivity contribution in [2.75, 3.05) is 5.32 Å². The summed E-state index contributed by atoms with van der Waals surface area (Å²) in [6, 6.07) is 5.36. The van der Waals surface area contributed by atoms with Crippen LogP contribution < -0.4 is 5.32 Å². The van der Waals surface area contributed by atoms with Crippen LogP contribution in [0.2, 0.25) is 0 Å². The second kappa shape index (κ2) is 6.99. The molecule has 0 spiro atoms. The lowest BCUT2D eigenvalue weighted by molar-refractivity contribution is -0.123. The molecule has 20 heavy (non-hydrogen) atoms. The van der Waals surface area contributed by atoms with E-state index in [2.05, 4.69) is 5.32 Å².